The van der Waals surface area contributed by atoms with Crippen LogP contribution in [-0.2, 0) is 0 Å². The summed E-state index contributed by atoms with van der Waals surface area (Å²) in [5, 5.41) is 0. The molecule has 0 unspecified atom stereocenters. The Labute approximate surface area is 111 Å². The van der Waals surface area contributed by atoms with E-state index in [-0.39, 0.29) is 0 Å². The van der Waals surface area contributed by atoms with Gasteiger partial charge in [0.05, 0.1) is 0 Å². The number of rotatable bonds is 1. The summed E-state index contributed by atoms with van der Waals surface area (Å²) >= 11 is 0. The van der Waals surface area contributed by atoms with Crippen LogP contribution in [0.5, 0.6) is 0 Å². The summed E-state index contributed by atoms with van der Waals surface area (Å²) < 4.78 is 0. The smallest absolute Gasteiger partial charge is 0.0147 e. The van der Waals surface area contributed by atoms with Crippen LogP contribution in [0.15, 0.2) is 24.3 Å². The van der Waals surface area contributed by atoms with Gasteiger partial charge in [0.1, 0.15) is 0 Å². The molecule has 0 saturated heterocycles. The molecular weight excluding hydrogens is 216 g/mol. The van der Waals surface area contributed by atoms with Gasteiger partial charge in [0.25, 0.3) is 0 Å². The van der Waals surface area contributed by atoms with E-state index in [0.29, 0.717) is 0 Å². The van der Waals surface area contributed by atoms with Gasteiger partial charge in [0.15, 0.2) is 0 Å². The monoisotopic (exact) mass is 238 g/mol. The van der Waals surface area contributed by atoms with Crippen LogP contribution >= 0.6 is 0 Å². The van der Waals surface area contributed by atoms with Crippen LogP contribution < -0.4 is 0 Å². The predicted octanol–water partition coefficient (Wildman–Crippen LogP) is 5.20. The SMILES string of the molecule is Cc1cc(C)c(C)c(-c2cc(C)c(C)cc2C)c1. The van der Waals surface area contributed by atoms with Crippen LogP contribution in [0.3, 0.4) is 0 Å². The van der Waals surface area contributed by atoms with Gasteiger partial charge < -0.3 is 0 Å². The van der Waals surface area contributed by atoms with Gasteiger partial charge in [0, 0.05) is 0 Å². The van der Waals surface area contributed by atoms with Crippen molar-refractivity contribution in [2.24, 2.45) is 0 Å². The summed E-state index contributed by atoms with van der Waals surface area (Å²) in [7, 11) is 0. The van der Waals surface area contributed by atoms with Gasteiger partial charge in [-0.1, -0.05) is 29.8 Å². The Morgan fingerprint density at radius 3 is 1.78 bits per heavy atom. The standard InChI is InChI=1S/C18H22/c1-11-7-14(4)16(6)18(8-11)17-10-13(3)12(2)9-15(17)5/h7-10H,1-6H3. The second kappa shape index (κ2) is 4.61. The van der Waals surface area contributed by atoms with Crippen molar-refractivity contribution >= 4 is 0 Å². The fraction of sp³-hybridized carbons (Fsp3) is 0.333. The first-order valence-electron chi connectivity index (χ1n) is 6.56. The van der Waals surface area contributed by atoms with Crippen LogP contribution in [-0.4, -0.2) is 0 Å². The molecule has 2 rings (SSSR count). The lowest BCUT2D eigenvalue weighted by Gasteiger charge is -2.15. The van der Waals surface area contributed by atoms with Crippen molar-refractivity contribution in [3.8, 4) is 11.1 Å². The molecule has 0 bridgehead atoms. The molecule has 94 valence electrons. The highest BCUT2D eigenvalue weighted by molar-refractivity contribution is 5.73. The zero-order valence-electron chi connectivity index (χ0n) is 12.3. The molecule has 0 aromatic heterocycles. The van der Waals surface area contributed by atoms with Crippen LogP contribution in [0, 0.1) is 41.5 Å². The maximum absolute atomic E-state index is 2.33. The van der Waals surface area contributed by atoms with Gasteiger partial charge in [-0.25, -0.2) is 0 Å². The first-order valence-corrected chi connectivity index (χ1v) is 6.56. The van der Waals surface area contributed by atoms with E-state index in [1.165, 1.54) is 44.5 Å². The fourth-order valence-corrected chi connectivity index (χ4v) is 2.57. The molecule has 2 aromatic carbocycles. The minimum absolute atomic E-state index is 1.34. The van der Waals surface area contributed by atoms with E-state index in [1.807, 2.05) is 0 Å². The highest BCUT2D eigenvalue weighted by Crippen LogP contribution is 2.31. The van der Waals surface area contributed by atoms with Crippen molar-refractivity contribution in [1.82, 2.24) is 0 Å². The molecule has 0 aliphatic heterocycles. The molecule has 0 aliphatic carbocycles. The summed E-state index contributed by atoms with van der Waals surface area (Å²) in [4.78, 5) is 0. The molecule has 0 spiro atoms. The van der Waals surface area contributed by atoms with Gasteiger partial charge in [-0.3, -0.25) is 0 Å². The number of benzene rings is 2. The van der Waals surface area contributed by atoms with Crippen molar-refractivity contribution in [3.05, 3.63) is 57.6 Å². The van der Waals surface area contributed by atoms with E-state index in [4.69, 9.17) is 0 Å². The molecule has 0 atom stereocenters. The topological polar surface area (TPSA) is 0 Å². The van der Waals surface area contributed by atoms with Crippen LogP contribution in [0.25, 0.3) is 11.1 Å². The van der Waals surface area contributed by atoms with E-state index in [2.05, 4.69) is 65.8 Å². The van der Waals surface area contributed by atoms with Crippen molar-refractivity contribution in [2.45, 2.75) is 41.5 Å². The van der Waals surface area contributed by atoms with Crippen LogP contribution in [0.4, 0.5) is 0 Å². The van der Waals surface area contributed by atoms with Crippen LogP contribution in [0.2, 0.25) is 0 Å². The molecule has 0 amide bonds. The third kappa shape index (κ3) is 2.20. The Balaban J connectivity index is 2.73. The number of hydrogen-bond donors (Lipinski definition) is 0. The summed E-state index contributed by atoms with van der Waals surface area (Å²) in [6.07, 6.45) is 0. The lowest BCUT2D eigenvalue weighted by atomic mass is 9.90. The summed E-state index contributed by atoms with van der Waals surface area (Å²) in [5.74, 6) is 0. The third-order valence-electron chi connectivity index (χ3n) is 3.94. The molecule has 0 saturated carbocycles. The molecule has 0 nitrogen and oxygen atoms in total. The molecule has 0 heteroatoms. The molecule has 0 radical (unpaired) electrons. The summed E-state index contributed by atoms with van der Waals surface area (Å²) in [6.45, 7) is 13.2. The van der Waals surface area contributed by atoms with Crippen molar-refractivity contribution < 1.29 is 0 Å². The van der Waals surface area contributed by atoms with E-state index in [9.17, 15) is 0 Å². The average Bonchev–Trinajstić information content (AvgIpc) is 2.29. The quantitative estimate of drug-likeness (QED) is 0.640. The second-order valence-electron chi connectivity index (χ2n) is 5.51. The molecule has 0 N–H and O–H groups in total. The number of hydrogen-bond acceptors (Lipinski definition) is 0. The molecule has 0 aliphatic rings. The minimum atomic E-state index is 1.34. The second-order valence-corrected chi connectivity index (χ2v) is 5.51. The molecule has 2 aromatic rings. The Kier molecular flexibility index (Phi) is 3.30. The normalized spacial score (nSPS) is 10.8. The van der Waals surface area contributed by atoms with Crippen molar-refractivity contribution in [2.75, 3.05) is 0 Å². The molecule has 0 heterocycles. The summed E-state index contributed by atoms with van der Waals surface area (Å²) in [6, 6.07) is 9.18. The Morgan fingerprint density at radius 1 is 0.500 bits per heavy atom. The highest BCUT2D eigenvalue weighted by atomic mass is 14.1. The Bertz CT molecular complexity index is 604. The minimum Gasteiger partial charge on any atom is -0.0561 e. The first kappa shape index (κ1) is 12.9. The first-order chi connectivity index (χ1) is 8.40. The van der Waals surface area contributed by atoms with E-state index in [0.717, 1.165) is 0 Å². The fourth-order valence-electron chi connectivity index (χ4n) is 2.57. The average molecular weight is 238 g/mol. The van der Waals surface area contributed by atoms with Gasteiger partial charge in [-0.15, -0.1) is 0 Å². The Morgan fingerprint density at radius 2 is 1.11 bits per heavy atom. The van der Waals surface area contributed by atoms with Gasteiger partial charge in [-0.2, -0.15) is 0 Å². The van der Waals surface area contributed by atoms with E-state index < -0.39 is 0 Å². The zero-order chi connectivity index (χ0) is 13.4. The van der Waals surface area contributed by atoms with E-state index in [1.54, 1.807) is 0 Å². The predicted molar refractivity (Wildman–Crippen MR) is 80.3 cm³/mol. The van der Waals surface area contributed by atoms with E-state index >= 15 is 0 Å². The van der Waals surface area contributed by atoms with Gasteiger partial charge in [0.2, 0.25) is 0 Å². The summed E-state index contributed by atoms with van der Waals surface area (Å²) in [5.41, 5.74) is 11.0. The zero-order valence-corrected chi connectivity index (χ0v) is 12.3. The maximum Gasteiger partial charge on any atom is -0.0147 e. The van der Waals surface area contributed by atoms with Gasteiger partial charge >= 0.3 is 0 Å². The highest BCUT2D eigenvalue weighted by Gasteiger charge is 2.09. The largest absolute Gasteiger partial charge is 0.0561 e. The maximum atomic E-state index is 2.33. The third-order valence-corrected chi connectivity index (χ3v) is 3.94. The lowest BCUT2D eigenvalue weighted by molar-refractivity contribution is 1.26. The molecule has 0 fully saturated rings. The van der Waals surface area contributed by atoms with Crippen molar-refractivity contribution in [3.63, 3.8) is 0 Å². The lowest BCUT2D eigenvalue weighted by Crippen LogP contribution is -1.94. The van der Waals surface area contributed by atoms with Gasteiger partial charge in [-0.05, 0) is 80.5 Å². The molecule has 18 heavy (non-hydrogen) atoms. The Hall–Kier alpha value is -1.56. The number of aryl methyl sites for hydroxylation is 5. The molecular formula is C18H22. The van der Waals surface area contributed by atoms with Crippen molar-refractivity contribution in [1.29, 1.82) is 0 Å². The van der Waals surface area contributed by atoms with Crippen LogP contribution in [0.1, 0.15) is 33.4 Å².